The van der Waals surface area contributed by atoms with Crippen LogP contribution in [-0.2, 0) is 6.54 Å². The van der Waals surface area contributed by atoms with Gasteiger partial charge in [-0.15, -0.1) is 0 Å². The molecule has 1 aromatic rings. The number of thioether (sulfide) groups is 1. The number of aromatic nitrogens is 2. The van der Waals surface area contributed by atoms with Gasteiger partial charge in [0.05, 0.1) is 18.3 Å². The lowest BCUT2D eigenvalue weighted by Gasteiger charge is -2.04. The number of rotatable bonds is 4. The van der Waals surface area contributed by atoms with E-state index in [-0.39, 0.29) is 24.1 Å². The van der Waals surface area contributed by atoms with Crippen molar-refractivity contribution in [2.75, 3.05) is 5.75 Å². The van der Waals surface area contributed by atoms with Crippen LogP contribution in [0.5, 0.6) is 0 Å². The third-order valence-corrected chi connectivity index (χ3v) is 2.09. The van der Waals surface area contributed by atoms with Gasteiger partial charge in [0, 0.05) is 11.9 Å². The monoisotopic (exact) mass is 224 g/mol. The van der Waals surface area contributed by atoms with E-state index < -0.39 is 5.51 Å². The average Bonchev–Trinajstić information content (AvgIpc) is 2.50. The van der Waals surface area contributed by atoms with Crippen LogP contribution in [0.2, 0.25) is 0 Å². The number of hydrogen-bond donors (Lipinski definition) is 0. The maximum atomic E-state index is 11.7. The molecule has 0 spiro atoms. The second-order valence-electron chi connectivity index (χ2n) is 2.45. The molecule has 14 heavy (non-hydrogen) atoms. The molecule has 0 atom stereocenters. The lowest BCUT2D eigenvalue weighted by molar-refractivity contribution is -0.0328. The van der Waals surface area contributed by atoms with Crippen LogP contribution in [-0.4, -0.2) is 27.3 Å². The number of halogens is 3. The summed E-state index contributed by atoms with van der Waals surface area (Å²) in [5.74, 6) is -0.108. The van der Waals surface area contributed by atoms with Gasteiger partial charge in [-0.25, -0.2) is 0 Å². The lowest BCUT2D eigenvalue weighted by Crippen LogP contribution is -2.07. The molecule has 0 aromatic carbocycles. The molecule has 0 unspecified atom stereocenters. The highest BCUT2D eigenvalue weighted by Crippen LogP contribution is 2.29. The van der Waals surface area contributed by atoms with Crippen molar-refractivity contribution in [2.45, 2.75) is 12.1 Å². The Bertz CT molecular complexity index is 310. The van der Waals surface area contributed by atoms with Crippen molar-refractivity contribution < 1.29 is 18.0 Å². The second-order valence-corrected chi connectivity index (χ2v) is 3.61. The van der Waals surface area contributed by atoms with Gasteiger partial charge in [-0.2, -0.15) is 18.3 Å². The van der Waals surface area contributed by atoms with Crippen molar-refractivity contribution in [3.63, 3.8) is 0 Å². The Kier molecular flexibility index (Phi) is 3.56. The SMILES string of the molecule is O=Cc1cnn(CCSC(F)(F)F)c1. The molecule has 0 amide bonds. The fourth-order valence-corrected chi connectivity index (χ4v) is 1.33. The Labute approximate surface area is 82.3 Å². The van der Waals surface area contributed by atoms with Gasteiger partial charge in [-0.05, 0) is 11.8 Å². The first kappa shape index (κ1) is 11.1. The van der Waals surface area contributed by atoms with E-state index in [1.807, 2.05) is 0 Å². The molecule has 0 radical (unpaired) electrons. The Morgan fingerprint density at radius 3 is 2.79 bits per heavy atom. The fraction of sp³-hybridized carbons (Fsp3) is 0.429. The summed E-state index contributed by atoms with van der Waals surface area (Å²) < 4.78 is 36.4. The smallest absolute Gasteiger partial charge is 0.298 e. The zero-order chi connectivity index (χ0) is 10.6. The first-order chi connectivity index (χ1) is 6.51. The van der Waals surface area contributed by atoms with Crippen LogP contribution in [0.1, 0.15) is 10.4 Å². The third-order valence-electron chi connectivity index (χ3n) is 1.38. The molecule has 0 bridgehead atoms. The number of aryl methyl sites for hydroxylation is 1. The Balaban J connectivity index is 2.35. The van der Waals surface area contributed by atoms with Crippen molar-refractivity contribution >= 4 is 18.0 Å². The molecule has 7 heteroatoms. The quantitative estimate of drug-likeness (QED) is 0.733. The van der Waals surface area contributed by atoms with Crippen LogP contribution >= 0.6 is 11.8 Å². The molecule has 0 saturated heterocycles. The minimum atomic E-state index is -4.21. The lowest BCUT2D eigenvalue weighted by atomic mass is 10.4. The summed E-state index contributed by atoms with van der Waals surface area (Å²) >= 11 is -0.104. The highest BCUT2D eigenvalue weighted by Gasteiger charge is 2.27. The molecule has 1 aromatic heterocycles. The van der Waals surface area contributed by atoms with Crippen molar-refractivity contribution in [2.24, 2.45) is 0 Å². The largest absolute Gasteiger partial charge is 0.441 e. The van der Waals surface area contributed by atoms with Crippen LogP contribution in [0.25, 0.3) is 0 Å². The first-order valence-corrected chi connectivity index (χ1v) is 4.68. The van der Waals surface area contributed by atoms with Gasteiger partial charge in [-0.3, -0.25) is 9.48 Å². The van der Waals surface area contributed by atoms with Crippen molar-refractivity contribution in [3.8, 4) is 0 Å². The Morgan fingerprint density at radius 1 is 1.57 bits per heavy atom. The van der Waals surface area contributed by atoms with Gasteiger partial charge in [0.25, 0.3) is 0 Å². The molecule has 0 N–H and O–H groups in total. The molecule has 3 nitrogen and oxygen atoms in total. The summed E-state index contributed by atoms with van der Waals surface area (Å²) in [6, 6.07) is 0. The molecule has 1 heterocycles. The topological polar surface area (TPSA) is 34.9 Å². The molecule has 78 valence electrons. The predicted octanol–water partition coefficient (Wildman–Crippen LogP) is 1.95. The van der Waals surface area contributed by atoms with Crippen molar-refractivity contribution in [3.05, 3.63) is 18.0 Å². The average molecular weight is 224 g/mol. The van der Waals surface area contributed by atoms with E-state index in [0.717, 1.165) is 0 Å². The fourth-order valence-electron chi connectivity index (χ4n) is 0.818. The Hall–Kier alpha value is -0.980. The molecule has 0 aliphatic heterocycles. The minimum Gasteiger partial charge on any atom is -0.298 e. The van der Waals surface area contributed by atoms with Crippen LogP contribution in [0.4, 0.5) is 13.2 Å². The van der Waals surface area contributed by atoms with Gasteiger partial charge in [0.1, 0.15) is 0 Å². The number of hydrogen-bond acceptors (Lipinski definition) is 3. The molecule has 0 fully saturated rings. The van der Waals surface area contributed by atoms with Crippen LogP contribution in [0.3, 0.4) is 0 Å². The van der Waals surface area contributed by atoms with E-state index in [0.29, 0.717) is 11.8 Å². The summed E-state index contributed by atoms with van der Waals surface area (Å²) in [5.41, 5.74) is -3.84. The Morgan fingerprint density at radius 2 is 2.29 bits per heavy atom. The highest BCUT2D eigenvalue weighted by molar-refractivity contribution is 8.00. The molecular weight excluding hydrogens is 217 g/mol. The molecule has 0 aliphatic rings. The van der Waals surface area contributed by atoms with Crippen molar-refractivity contribution in [1.29, 1.82) is 0 Å². The van der Waals surface area contributed by atoms with Crippen LogP contribution < -0.4 is 0 Å². The number of aldehydes is 1. The summed E-state index contributed by atoms with van der Waals surface area (Å²) in [6.45, 7) is 0.137. The van der Waals surface area contributed by atoms with Gasteiger partial charge in [0.15, 0.2) is 6.29 Å². The number of alkyl halides is 3. The van der Waals surface area contributed by atoms with Gasteiger partial charge >= 0.3 is 5.51 Å². The van der Waals surface area contributed by atoms with Gasteiger partial charge in [0.2, 0.25) is 0 Å². The molecular formula is C7H7F3N2OS. The van der Waals surface area contributed by atoms with E-state index in [1.165, 1.54) is 17.1 Å². The van der Waals surface area contributed by atoms with E-state index >= 15 is 0 Å². The third kappa shape index (κ3) is 3.82. The zero-order valence-electron chi connectivity index (χ0n) is 6.99. The zero-order valence-corrected chi connectivity index (χ0v) is 7.81. The van der Waals surface area contributed by atoms with Crippen molar-refractivity contribution in [1.82, 2.24) is 9.78 Å². The standard InChI is InChI=1S/C7H7F3N2OS/c8-7(9,10)14-2-1-12-4-6(5-13)3-11-12/h3-5H,1-2H2. The van der Waals surface area contributed by atoms with E-state index in [9.17, 15) is 18.0 Å². The minimum absolute atomic E-state index is 0.104. The van der Waals surface area contributed by atoms with E-state index in [1.54, 1.807) is 0 Å². The first-order valence-electron chi connectivity index (χ1n) is 3.69. The predicted molar refractivity (Wildman–Crippen MR) is 46.1 cm³/mol. The maximum absolute atomic E-state index is 11.7. The summed E-state index contributed by atoms with van der Waals surface area (Å²) in [4.78, 5) is 10.2. The number of carbonyl (C=O) groups is 1. The molecule has 1 rings (SSSR count). The van der Waals surface area contributed by atoms with Crippen LogP contribution in [0, 0.1) is 0 Å². The normalized spacial score (nSPS) is 11.6. The molecule has 0 saturated carbocycles. The second kappa shape index (κ2) is 4.50. The highest BCUT2D eigenvalue weighted by atomic mass is 32.2. The number of carbonyl (C=O) groups excluding carboxylic acids is 1. The summed E-state index contributed by atoms with van der Waals surface area (Å²) in [7, 11) is 0. The van der Waals surface area contributed by atoms with Gasteiger partial charge < -0.3 is 0 Å². The summed E-state index contributed by atoms with van der Waals surface area (Å²) in [5, 5.41) is 3.71. The van der Waals surface area contributed by atoms with E-state index in [4.69, 9.17) is 0 Å². The number of nitrogens with zero attached hydrogens (tertiary/aromatic N) is 2. The van der Waals surface area contributed by atoms with Crippen LogP contribution in [0.15, 0.2) is 12.4 Å². The maximum Gasteiger partial charge on any atom is 0.441 e. The molecule has 0 aliphatic carbocycles. The summed E-state index contributed by atoms with van der Waals surface area (Å²) in [6.07, 6.45) is 3.32. The van der Waals surface area contributed by atoms with Gasteiger partial charge in [-0.1, -0.05) is 0 Å². The van der Waals surface area contributed by atoms with E-state index in [2.05, 4.69) is 5.10 Å².